The average Bonchev–Trinajstić information content (AvgIpc) is 3.11. The number of hydrogen-bond donors (Lipinski definition) is 2. The Morgan fingerprint density at radius 2 is 2.17 bits per heavy atom. The van der Waals surface area contributed by atoms with Crippen LogP contribution in [0, 0.1) is 0 Å². The van der Waals surface area contributed by atoms with Crippen LogP contribution < -0.4 is 15.0 Å². The molecule has 1 spiro atoms. The predicted octanol–water partition coefficient (Wildman–Crippen LogP) is 2.54. The lowest BCUT2D eigenvalue weighted by Gasteiger charge is -2.24. The summed E-state index contributed by atoms with van der Waals surface area (Å²) in [4.78, 5) is 15.2. The van der Waals surface area contributed by atoms with Crippen molar-refractivity contribution in [3.05, 3.63) is 47.5 Å². The van der Waals surface area contributed by atoms with Gasteiger partial charge in [0, 0.05) is 18.2 Å². The molecule has 3 aliphatic rings. The fourth-order valence-corrected chi connectivity index (χ4v) is 4.10. The molecular formula is C18H16N2O3. The summed E-state index contributed by atoms with van der Waals surface area (Å²) in [5.41, 5.74) is 3.29. The summed E-state index contributed by atoms with van der Waals surface area (Å²) in [5.74, 6) is 0.329. The number of phenols is 1. The van der Waals surface area contributed by atoms with Gasteiger partial charge >= 0.3 is 0 Å². The molecule has 23 heavy (non-hydrogen) atoms. The third-order valence-electron chi connectivity index (χ3n) is 5.30. The number of phenolic OH excluding ortho intramolecular Hbond substituents is 1. The highest BCUT2D eigenvalue weighted by Gasteiger charge is 2.65. The second-order valence-corrected chi connectivity index (χ2v) is 6.52. The van der Waals surface area contributed by atoms with Crippen molar-refractivity contribution in [1.82, 2.24) is 0 Å². The number of rotatable bonds is 1. The number of benzene rings is 2. The van der Waals surface area contributed by atoms with E-state index in [9.17, 15) is 9.90 Å². The summed E-state index contributed by atoms with van der Waals surface area (Å²) < 4.78 is 5.17. The van der Waals surface area contributed by atoms with Gasteiger partial charge in [-0.25, -0.2) is 0 Å². The molecule has 2 aromatic carbocycles. The van der Waals surface area contributed by atoms with Crippen molar-refractivity contribution in [3.8, 4) is 11.5 Å². The predicted molar refractivity (Wildman–Crippen MR) is 86.4 cm³/mol. The van der Waals surface area contributed by atoms with Gasteiger partial charge in [0.15, 0.2) is 11.5 Å². The van der Waals surface area contributed by atoms with Gasteiger partial charge in [0.2, 0.25) is 0 Å². The smallest absolute Gasteiger partial charge is 0.261 e. The fraction of sp³-hybridized carbons (Fsp3) is 0.278. The zero-order valence-electron chi connectivity index (χ0n) is 12.7. The van der Waals surface area contributed by atoms with Crippen LogP contribution in [-0.4, -0.2) is 29.7 Å². The minimum absolute atomic E-state index is 0.0317. The Morgan fingerprint density at radius 1 is 1.35 bits per heavy atom. The highest BCUT2D eigenvalue weighted by molar-refractivity contribution is 6.14. The second-order valence-electron chi connectivity index (χ2n) is 6.52. The number of amides is 1. The van der Waals surface area contributed by atoms with Crippen LogP contribution in [0.25, 0.3) is 0 Å². The molecule has 0 saturated heterocycles. The van der Waals surface area contributed by atoms with Gasteiger partial charge in [0.05, 0.1) is 29.9 Å². The second kappa shape index (κ2) is 3.98. The van der Waals surface area contributed by atoms with Gasteiger partial charge in [-0.15, -0.1) is 0 Å². The van der Waals surface area contributed by atoms with Crippen molar-refractivity contribution in [2.24, 2.45) is 0 Å². The van der Waals surface area contributed by atoms with Crippen LogP contribution in [0.15, 0.2) is 36.4 Å². The number of hydrogen-bond acceptors (Lipinski definition) is 4. The van der Waals surface area contributed by atoms with Crippen molar-refractivity contribution in [2.75, 3.05) is 17.3 Å². The van der Waals surface area contributed by atoms with Crippen molar-refractivity contribution in [3.63, 3.8) is 0 Å². The molecule has 2 aromatic rings. The topological polar surface area (TPSA) is 61.8 Å². The molecule has 2 heterocycles. The number of para-hydroxylation sites is 1. The van der Waals surface area contributed by atoms with Crippen LogP contribution in [0.4, 0.5) is 11.4 Å². The van der Waals surface area contributed by atoms with E-state index in [4.69, 9.17) is 4.74 Å². The molecule has 0 bridgehead atoms. The zero-order chi connectivity index (χ0) is 15.8. The molecule has 2 N–H and O–H groups in total. The number of aromatic hydroxyl groups is 1. The molecule has 5 heteroatoms. The maximum absolute atomic E-state index is 13.2. The maximum Gasteiger partial charge on any atom is 0.261 e. The minimum atomic E-state index is -0.164. The summed E-state index contributed by atoms with van der Waals surface area (Å²) in [6.07, 6.45) is 1.81. The van der Waals surface area contributed by atoms with E-state index in [2.05, 4.69) is 11.4 Å². The first-order chi connectivity index (χ1) is 11.1. The van der Waals surface area contributed by atoms with Crippen LogP contribution in [0.1, 0.15) is 22.3 Å². The number of ether oxygens (including phenoxy) is 1. The number of anilines is 2. The molecule has 116 valence electrons. The number of carbonyl (C=O) groups excluding carboxylic acids is 1. The lowest BCUT2D eigenvalue weighted by Crippen LogP contribution is -2.41. The van der Waals surface area contributed by atoms with Gasteiger partial charge in [0.25, 0.3) is 5.91 Å². The quantitative estimate of drug-likeness (QED) is 0.850. The van der Waals surface area contributed by atoms with Crippen molar-refractivity contribution < 1.29 is 14.6 Å². The molecule has 5 nitrogen and oxygen atoms in total. The van der Waals surface area contributed by atoms with Crippen LogP contribution in [0.3, 0.4) is 0 Å². The van der Waals surface area contributed by atoms with E-state index >= 15 is 0 Å². The molecule has 1 fully saturated rings. The Kier molecular flexibility index (Phi) is 2.22. The largest absolute Gasteiger partial charge is 0.504 e. The van der Waals surface area contributed by atoms with Gasteiger partial charge in [0.1, 0.15) is 0 Å². The van der Waals surface area contributed by atoms with E-state index in [0.29, 0.717) is 17.0 Å². The highest BCUT2D eigenvalue weighted by Crippen LogP contribution is 2.57. The van der Waals surface area contributed by atoms with Crippen LogP contribution in [0.2, 0.25) is 0 Å². The number of fused-ring (bicyclic) bond motifs is 3. The molecule has 2 atom stereocenters. The molecule has 0 aromatic heterocycles. The highest BCUT2D eigenvalue weighted by atomic mass is 16.5. The van der Waals surface area contributed by atoms with Crippen molar-refractivity contribution in [1.29, 1.82) is 0 Å². The zero-order valence-corrected chi connectivity index (χ0v) is 12.7. The van der Waals surface area contributed by atoms with Crippen LogP contribution >= 0.6 is 0 Å². The lowest BCUT2D eigenvalue weighted by atomic mass is 10.1. The summed E-state index contributed by atoms with van der Waals surface area (Å²) in [7, 11) is 1.49. The number of nitrogens with one attached hydrogen (secondary N) is 1. The molecule has 2 unspecified atom stereocenters. The van der Waals surface area contributed by atoms with Gasteiger partial charge in [-0.05, 0) is 24.1 Å². The first-order valence-corrected chi connectivity index (χ1v) is 7.74. The number of methoxy groups -OCH3 is 1. The third-order valence-corrected chi connectivity index (χ3v) is 5.30. The van der Waals surface area contributed by atoms with Crippen LogP contribution in [0.5, 0.6) is 11.5 Å². The standard InChI is InChI=1S/C18H16N2O3/c1-23-15-6-11-12(7-14(15)21)19-16-9-18(16)8-10-4-2-3-5-13(10)20(18)17(11)22/h2-7,16,19,21H,8-9H2,1H3. The monoisotopic (exact) mass is 308 g/mol. The Bertz CT molecular complexity index is 863. The van der Waals surface area contributed by atoms with E-state index in [1.54, 1.807) is 12.1 Å². The van der Waals surface area contributed by atoms with Gasteiger partial charge in [-0.2, -0.15) is 0 Å². The molecular weight excluding hydrogens is 292 g/mol. The van der Waals surface area contributed by atoms with Gasteiger partial charge in [-0.1, -0.05) is 18.2 Å². The summed E-state index contributed by atoms with van der Waals surface area (Å²) in [6, 6.07) is 11.5. The molecule has 1 saturated carbocycles. The van der Waals surface area contributed by atoms with Crippen LogP contribution in [-0.2, 0) is 6.42 Å². The summed E-state index contributed by atoms with van der Waals surface area (Å²) >= 11 is 0. The van der Waals surface area contributed by atoms with E-state index in [0.717, 1.165) is 18.5 Å². The molecule has 5 rings (SSSR count). The first-order valence-electron chi connectivity index (χ1n) is 7.74. The minimum Gasteiger partial charge on any atom is -0.504 e. The molecule has 1 amide bonds. The molecule has 0 radical (unpaired) electrons. The maximum atomic E-state index is 13.2. The summed E-state index contributed by atoms with van der Waals surface area (Å²) in [5, 5.41) is 13.5. The van der Waals surface area contributed by atoms with E-state index in [-0.39, 0.29) is 23.2 Å². The average molecular weight is 308 g/mol. The Morgan fingerprint density at radius 3 is 3.00 bits per heavy atom. The normalized spacial score (nSPS) is 26.4. The summed E-state index contributed by atoms with van der Waals surface area (Å²) in [6.45, 7) is 0. The van der Waals surface area contributed by atoms with Gasteiger partial charge < -0.3 is 15.2 Å². The van der Waals surface area contributed by atoms with E-state index in [1.165, 1.54) is 12.7 Å². The Labute approximate surface area is 133 Å². The molecule has 1 aliphatic carbocycles. The van der Waals surface area contributed by atoms with Crippen molar-refractivity contribution >= 4 is 17.3 Å². The van der Waals surface area contributed by atoms with Gasteiger partial charge in [-0.3, -0.25) is 9.69 Å². The SMILES string of the molecule is COc1cc2c(cc1O)NC1CC13Cc1ccccc1N3C2=O. The van der Waals surface area contributed by atoms with Crippen molar-refractivity contribution in [2.45, 2.75) is 24.4 Å². The van der Waals surface area contributed by atoms with E-state index in [1.807, 2.05) is 23.1 Å². The fourth-order valence-electron chi connectivity index (χ4n) is 4.10. The lowest BCUT2D eigenvalue weighted by molar-refractivity contribution is 0.0978. The number of nitrogens with zero attached hydrogens (tertiary/aromatic N) is 1. The number of carbonyl (C=O) groups is 1. The third kappa shape index (κ3) is 1.49. The Hall–Kier alpha value is -2.69. The Balaban J connectivity index is 1.71. The molecule has 2 aliphatic heterocycles. The van der Waals surface area contributed by atoms with E-state index < -0.39 is 0 Å². The first kappa shape index (κ1) is 12.8.